The summed E-state index contributed by atoms with van der Waals surface area (Å²) in [6, 6.07) is 10.7. The highest BCUT2D eigenvalue weighted by molar-refractivity contribution is 5.44. The van der Waals surface area contributed by atoms with Gasteiger partial charge in [0.15, 0.2) is 11.5 Å². The van der Waals surface area contributed by atoms with Gasteiger partial charge in [-0.2, -0.15) is 0 Å². The second kappa shape index (κ2) is 8.36. The van der Waals surface area contributed by atoms with Gasteiger partial charge in [0.25, 0.3) is 0 Å². The Bertz CT molecular complexity index is 752. The maximum atomic E-state index is 12.1. The predicted octanol–water partition coefficient (Wildman–Crippen LogP) is 1.82. The van der Waals surface area contributed by atoms with Gasteiger partial charge in [0.2, 0.25) is 6.79 Å². The summed E-state index contributed by atoms with van der Waals surface area (Å²) in [6.45, 7) is 1.31. The van der Waals surface area contributed by atoms with Crippen LogP contribution < -0.4 is 24.3 Å². The topological polar surface area (TPSA) is 73.8 Å². The monoisotopic (exact) mass is 386 g/mol. The Morgan fingerprint density at radius 3 is 2.48 bits per heavy atom. The molecule has 0 amide bonds. The van der Waals surface area contributed by atoms with Crippen LogP contribution in [0.5, 0.6) is 23.0 Å². The van der Waals surface area contributed by atoms with Crippen LogP contribution in [-0.2, 0) is 6.54 Å². The third kappa shape index (κ3) is 5.93. The normalized spacial score (nSPS) is 14.1. The molecule has 3 N–H and O–H groups in total. The van der Waals surface area contributed by atoms with E-state index in [0.717, 1.165) is 23.4 Å². The van der Waals surface area contributed by atoms with Gasteiger partial charge in [0.05, 0.1) is 0 Å². The fourth-order valence-electron chi connectivity index (χ4n) is 2.51. The van der Waals surface area contributed by atoms with Crippen LogP contribution in [0.2, 0.25) is 0 Å². The molecule has 0 bridgehead atoms. The summed E-state index contributed by atoms with van der Waals surface area (Å²) >= 11 is 0. The van der Waals surface area contributed by atoms with Gasteiger partial charge in [-0.3, -0.25) is 0 Å². The van der Waals surface area contributed by atoms with Crippen molar-refractivity contribution in [2.75, 3.05) is 19.9 Å². The Morgan fingerprint density at radius 2 is 1.74 bits per heavy atom. The molecule has 0 radical (unpaired) electrons. The van der Waals surface area contributed by atoms with E-state index in [1.54, 1.807) is 0 Å². The Labute approximate surface area is 153 Å². The number of nitrogens with two attached hydrogens (primary N) is 1. The van der Waals surface area contributed by atoms with Crippen molar-refractivity contribution in [3.63, 3.8) is 0 Å². The summed E-state index contributed by atoms with van der Waals surface area (Å²) in [5, 5.41) is 11.9. The molecule has 9 heteroatoms. The number of ether oxygens (including phenoxy) is 4. The Balaban J connectivity index is 1.37. The zero-order chi connectivity index (χ0) is 19.3. The molecule has 0 aromatic heterocycles. The minimum Gasteiger partial charge on any atom is -0.491 e. The first kappa shape index (κ1) is 19.1. The van der Waals surface area contributed by atoms with E-state index in [1.807, 2.05) is 23.5 Å². The maximum absolute atomic E-state index is 12.1. The molecule has 6 nitrogen and oxygen atoms in total. The van der Waals surface area contributed by atoms with E-state index in [4.69, 9.17) is 14.2 Å². The van der Waals surface area contributed by atoms with Crippen LogP contribution in [0.25, 0.3) is 0 Å². The van der Waals surface area contributed by atoms with Crippen molar-refractivity contribution < 1.29 is 42.5 Å². The number of benzene rings is 2. The molecule has 1 heterocycles. The summed E-state index contributed by atoms with van der Waals surface area (Å²) < 4.78 is 56.0. The molecule has 146 valence electrons. The van der Waals surface area contributed by atoms with Gasteiger partial charge in [0, 0.05) is 5.56 Å². The average Bonchev–Trinajstić information content (AvgIpc) is 3.07. The van der Waals surface area contributed by atoms with Crippen LogP contribution >= 0.6 is 0 Å². The summed E-state index contributed by atoms with van der Waals surface area (Å²) in [5.74, 6) is 1.45. The molecule has 1 aliphatic heterocycles. The molecule has 0 spiro atoms. The van der Waals surface area contributed by atoms with E-state index in [-0.39, 0.29) is 19.1 Å². The number of halogens is 3. The summed E-state index contributed by atoms with van der Waals surface area (Å²) in [5.41, 5.74) is 1.03. The van der Waals surface area contributed by atoms with Gasteiger partial charge in [-0.25, -0.2) is 0 Å². The number of aliphatic hydroxyl groups is 1. The number of hydrogen-bond donors (Lipinski definition) is 2. The van der Waals surface area contributed by atoms with Crippen molar-refractivity contribution in [1.82, 2.24) is 0 Å². The maximum Gasteiger partial charge on any atom is 0.573 e. The Morgan fingerprint density at radius 1 is 1.04 bits per heavy atom. The van der Waals surface area contributed by atoms with Crippen LogP contribution in [0.1, 0.15) is 5.56 Å². The van der Waals surface area contributed by atoms with E-state index < -0.39 is 12.5 Å². The molecule has 0 fully saturated rings. The number of aliphatic hydroxyl groups excluding tert-OH is 1. The van der Waals surface area contributed by atoms with Crippen LogP contribution in [0, 0.1) is 0 Å². The van der Waals surface area contributed by atoms with Gasteiger partial charge in [-0.15, -0.1) is 13.2 Å². The highest BCUT2D eigenvalue weighted by Crippen LogP contribution is 2.32. The summed E-state index contributed by atoms with van der Waals surface area (Å²) in [7, 11) is 0. The fourth-order valence-corrected chi connectivity index (χ4v) is 2.51. The third-order valence-electron chi connectivity index (χ3n) is 3.76. The zero-order valence-electron chi connectivity index (χ0n) is 14.2. The van der Waals surface area contributed by atoms with Crippen molar-refractivity contribution in [3.8, 4) is 23.0 Å². The van der Waals surface area contributed by atoms with Crippen molar-refractivity contribution in [3.05, 3.63) is 48.0 Å². The molecule has 3 rings (SSSR count). The molecule has 1 atom stereocenters. The molecule has 0 unspecified atom stereocenters. The fraction of sp³-hybridized carbons (Fsp3) is 0.333. The first-order chi connectivity index (χ1) is 12.9. The van der Waals surface area contributed by atoms with E-state index >= 15 is 0 Å². The number of rotatable bonds is 8. The van der Waals surface area contributed by atoms with Gasteiger partial charge >= 0.3 is 6.36 Å². The zero-order valence-corrected chi connectivity index (χ0v) is 14.2. The van der Waals surface area contributed by atoms with Crippen LogP contribution in [0.15, 0.2) is 42.5 Å². The molecule has 27 heavy (non-hydrogen) atoms. The quantitative estimate of drug-likeness (QED) is 0.724. The molecule has 0 saturated carbocycles. The molecule has 1 aliphatic rings. The smallest absolute Gasteiger partial charge is 0.491 e. The number of hydrogen-bond acceptors (Lipinski definition) is 5. The van der Waals surface area contributed by atoms with Crippen LogP contribution in [0.4, 0.5) is 13.2 Å². The number of alkyl halides is 3. The predicted molar refractivity (Wildman–Crippen MR) is 87.7 cm³/mol. The minimum atomic E-state index is -4.73. The summed E-state index contributed by atoms with van der Waals surface area (Å²) in [4.78, 5) is 0. The first-order valence-electron chi connectivity index (χ1n) is 8.26. The lowest BCUT2D eigenvalue weighted by Gasteiger charge is -2.13. The SMILES string of the molecule is O[C@@H](C[NH2+]Cc1ccc2c(c1)OCO2)COc1ccc(OC(F)(F)F)cc1. The second-order valence-electron chi connectivity index (χ2n) is 5.90. The highest BCUT2D eigenvalue weighted by Gasteiger charge is 2.31. The van der Waals surface area contributed by atoms with Crippen LogP contribution in [0.3, 0.4) is 0 Å². The Hall–Kier alpha value is -2.65. The van der Waals surface area contributed by atoms with E-state index in [9.17, 15) is 18.3 Å². The van der Waals surface area contributed by atoms with Crippen molar-refractivity contribution in [2.24, 2.45) is 0 Å². The molecule has 2 aromatic rings. The van der Waals surface area contributed by atoms with Crippen molar-refractivity contribution in [1.29, 1.82) is 0 Å². The number of fused-ring (bicyclic) bond motifs is 1. The van der Waals surface area contributed by atoms with E-state index in [2.05, 4.69) is 4.74 Å². The molecule has 0 saturated heterocycles. The lowest BCUT2D eigenvalue weighted by molar-refractivity contribution is -0.676. The largest absolute Gasteiger partial charge is 0.573 e. The standard InChI is InChI=1S/C18H18F3NO5/c19-18(20,21)27-15-4-2-14(3-5-15)24-10-13(23)9-22-8-12-1-6-16-17(7-12)26-11-25-16/h1-7,13,22-23H,8-11H2/p+1/t13-/m0/s1. The average molecular weight is 386 g/mol. The number of quaternary nitrogens is 1. The Kier molecular flexibility index (Phi) is 5.92. The van der Waals surface area contributed by atoms with E-state index in [0.29, 0.717) is 24.6 Å². The molecule has 2 aromatic carbocycles. The third-order valence-corrected chi connectivity index (χ3v) is 3.76. The van der Waals surface area contributed by atoms with E-state index in [1.165, 1.54) is 12.1 Å². The summed E-state index contributed by atoms with van der Waals surface area (Å²) in [6.07, 6.45) is -5.46. The van der Waals surface area contributed by atoms with Gasteiger partial charge in [0.1, 0.15) is 37.3 Å². The van der Waals surface area contributed by atoms with Crippen molar-refractivity contribution >= 4 is 0 Å². The second-order valence-corrected chi connectivity index (χ2v) is 5.90. The highest BCUT2D eigenvalue weighted by atomic mass is 19.4. The first-order valence-corrected chi connectivity index (χ1v) is 8.26. The van der Waals surface area contributed by atoms with Gasteiger partial charge < -0.3 is 29.4 Å². The minimum absolute atomic E-state index is 0.0249. The van der Waals surface area contributed by atoms with Crippen LogP contribution in [-0.4, -0.2) is 37.5 Å². The van der Waals surface area contributed by atoms with Gasteiger partial charge in [-0.05, 0) is 42.5 Å². The molecular weight excluding hydrogens is 367 g/mol. The lowest BCUT2D eigenvalue weighted by Crippen LogP contribution is -2.85. The van der Waals surface area contributed by atoms with Crippen molar-refractivity contribution in [2.45, 2.75) is 19.0 Å². The molecular formula is C18H19F3NO5+. The molecule has 0 aliphatic carbocycles. The lowest BCUT2D eigenvalue weighted by atomic mass is 10.2. The van der Waals surface area contributed by atoms with Gasteiger partial charge in [-0.1, -0.05) is 0 Å².